The van der Waals surface area contributed by atoms with Crippen molar-refractivity contribution in [2.45, 2.75) is 37.9 Å². The number of hydrogen-bond acceptors (Lipinski definition) is 10. The Morgan fingerprint density at radius 1 is 0.820 bits per heavy atom. The van der Waals surface area contributed by atoms with Gasteiger partial charge in [0.15, 0.2) is 0 Å². The van der Waals surface area contributed by atoms with Crippen LogP contribution in [0.25, 0.3) is 33.6 Å². The molecule has 7 rings (SSSR count). The van der Waals surface area contributed by atoms with Crippen LogP contribution in [-0.2, 0) is 17.9 Å². The summed E-state index contributed by atoms with van der Waals surface area (Å²) in [6, 6.07) is 17.6. The minimum Gasteiger partial charge on any atom is -0.480 e. The molecule has 0 unspecified atom stereocenters. The number of amides is 1. The number of ether oxygens (including phenoxy) is 2. The highest BCUT2D eigenvalue weighted by molar-refractivity contribution is 6.39. The fourth-order valence-corrected chi connectivity index (χ4v) is 7.05. The number of pyridine rings is 1. The van der Waals surface area contributed by atoms with Gasteiger partial charge in [0.1, 0.15) is 11.4 Å². The van der Waals surface area contributed by atoms with E-state index in [1.807, 2.05) is 54.7 Å². The van der Waals surface area contributed by atoms with E-state index in [0.29, 0.717) is 82.0 Å². The molecule has 2 aliphatic rings. The molecule has 50 heavy (non-hydrogen) atoms. The lowest BCUT2D eigenvalue weighted by molar-refractivity contribution is -0.119. The van der Waals surface area contributed by atoms with Crippen LogP contribution in [0.5, 0.6) is 11.8 Å². The summed E-state index contributed by atoms with van der Waals surface area (Å²) in [5.74, 6) is 1.35. The smallest absolute Gasteiger partial charge is 0.237 e. The number of benzene rings is 2. The lowest BCUT2D eigenvalue weighted by atomic mass is 9.95. The summed E-state index contributed by atoms with van der Waals surface area (Å²) in [6.07, 6.45) is 6.63. The number of methoxy groups -OCH3 is 2. The van der Waals surface area contributed by atoms with Crippen LogP contribution in [0.2, 0.25) is 10.0 Å². The molecule has 0 saturated carbocycles. The van der Waals surface area contributed by atoms with Crippen LogP contribution in [0.4, 0.5) is 0 Å². The molecule has 2 aliphatic heterocycles. The van der Waals surface area contributed by atoms with Gasteiger partial charge in [0.25, 0.3) is 0 Å². The molecule has 2 aromatic carbocycles. The predicted molar refractivity (Wildman–Crippen MR) is 192 cm³/mol. The van der Waals surface area contributed by atoms with Crippen molar-refractivity contribution in [2.24, 2.45) is 0 Å². The van der Waals surface area contributed by atoms with Crippen molar-refractivity contribution in [1.29, 1.82) is 0 Å². The first-order valence-electron chi connectivity index (χ1n) is 16.4. The van der Waals surface area contributed by atoms with Gasteiger partial charge < -0.3 is 20.1 Å². The van der Waals surface area contributed by atoms with Gasteiger partial charge in [-0.2, -0.15) is 0 Å². The van der Waals surface area contributed by atoms with Crippen LogP contribution in [-0.4, -0.2) is 75.6 Å². The average molecular weight is 712 g/mol. The number of carbonyl (C=O) groups is 1. The van der Waals surface area contributed by atoms with Crippen LogP contribution in [0.1, 0.15) is 35.8 Å². The summed E-state index contributed by atoms with van der Waals surface area (Å²) in [4.78, 5) is 37.2. The van der Waals surface area contributed by atoms with Gasteiger partial charge in [0, 0.05) is 85.2 Å². The van der Waals surface area contributed by atoms with Crippen molar-refractivity contribution in [3.63, 3.8) is 0 Å². The van der Waals surface area contributed by atoms with E-state index in [2.05, 4.69) is 31.6 Å². The number of aromatic nitrogens is 5. The highest BCUT2D eigenvalue weighted by Gasteiger charge is 2.30. The number of halogens is 2. The van der Waals surface area contributed by atoms with Crippen molar-refractivity contribution < 1.29 is 14.3 Å². The van der Waals surface area contributed by atoms with Gasteiger partial charge in [-0.3, -0.25) is 24.6 Å². The molecule has 256 valence electrons. The van der Waals surface area contributed by atoms with Crippen molar-refractivity contribution in [1.82, 2.24) is 40.5 Å². The Bertz CT molecular complexity index is 2010. The molecular formula is C37H36Cl2N8O3. The monoisotopic (exact) mass is 710 g/mol. The van der Waals surface area contributed by atoms with E-state index >= 15 is 0 Å². The first kappa shape index (κ1) is 33.8. The molecule has 13 heteroatoms. The largest absolute Gasteiger partial charge is 0.480 e. The fraction of sp³-hybridized carbons (Fsp3) is 0.297. The van der Waals surface area contributed by atoms with Gasteiger partial charge in [-0.1, -0.05) is 65.7 Å². The maximum absolute atomic E-state index is 11.5. The van der Waals surface area contributed by atoms with Gasteiger partial charge in [-0.05, 0) is 18.6 Å². The third-order valence-corrected chi connectivity index (χ3v) is 9.87. The number of rotatable bonds is 12. The summed E-state index contributed by atoms with van der Waals surface area (Å²) in [5, 5.41) is 7.25. The van der Waals surface area contributed by atoms with Crippen LogP contribution < -0.4 is 20.1 Å². The Balaban J connectivity index is 1.09. The molecule has 5 heterocycles. The summed E-state index contributed by atoms with van der Waals surface area (Å²) >= 11 is 14.2. The standard InChI is InChI=1S/C37H36Cl2N8O3/c1-49-36-31(16-40-15-23-12-13-33(48)44-23)42-17-29(45-36)26-9-5-7-24(34(26)38)25-8-6-10-27(35(25)39)30-18-43-32(37(46-30)50-2)21-47-19-22(20-47)28-11-3-4-14-41-28/h3-11,14,17-18,22-23,40H,12-13,15-16,19-21H2,1-2H3,(H,44,48)/t23-/m0/s1. The van der Waals surface area contributed by atoms with Crippen LogP contribution in [0, 0.1) is 0 Å². The van der Waals surface area contributed by atoms with Crippen molar-refractivity contribution >= 4 is 29.1 Å². The van der Waals surface area contributed by atoms with Gasteiger partial charge in [0.2, 0.25) is 17.7 Å². The van der Waals surface area contributed by atoms with E-state index in [1.54, 1.807) is 26.6 Å². The lowest BCUT2D eigenvalue weighted by Crippen LogP contribution is -2.44. The number of nitrogens with one attached hydrogen (secondary N) is 2. The molecule has 2 N–H and O–H groups in total. The van der Waals surface area contributed by atoms with Crippen molar-refractivity contribution in [3.8, 4) is 45.4 Å². The number of carbonyl (C=O) groups excluding carboxylic acids is 1. The molecule has 0 radical (unpaired) electrons. The summed E-state index contributed by atoms with van der Waals surface area (Å²) in [7, 11) is 3.16. The third kappa shape index (κ3) is 7.13. The van der Waals surface area contributed by atoms with E-state index < -0.39 is 0 Å². The van der Waals surface area contributed by atoms with Crippen LogP contribution in [0.15, 0.2) is 73.2 Å². The topological polar surface area (TPSA) is 127 Å². The Morgan fingerprint density at radius 3 is 2.02 bits per heavy atom. The first-order valence-corrected chi connectivity index (χ1v) is 17.2. The molecule has 0 aliphatic carbocycles. The highest BCUT2D eigenvalue weighted by Crippen LogP contribution is 2.42. The van der Waals surface area contributed by atoms with Gasteiger partial charge in [-0.15, -0.1) is 0 Å². The number of likely N-dealkylation sites (tertiary alicyclic amines) is 1. The molecule has 3 aromatic heterocycles. The average Bonchev–Trinajstić information content (AvgIpc) is 3.55. The minimum absolute atomic E-state index is 0.0855. The molecule has 2 saturated heterocycles. The van der Waals surface area contributed by atoms with E-state index in [0.717, 1.165) is 42.0 Å². The lowest BCUT2D eigenvalue weighted by Gasteiger charge is -2.38. The zero-order valence-electron chi connectivity index (χ0n) is 27.7. The van der Waals surface area contributed by atoms with Crippen molar-refractivity contribution in [2.75, 3.05) is 33.9 Å². The molecular weight excluding hydrogens is 675 g/mol. The SMILES string of the molecule is COc1nc(-c2cccc(-c3cccc(-c4cnc(CN5CC(c6ccccn6)C5)c(OC)n4)c3Cl)c2Cl)cnc1CNC[C@@H]1CCC(=O)N1. The van der Waals surface area contributed by atoms with Gasteiger partial charge in [-0.25, -0.2) is 9.97 Å². The molecule has 11 nitrogen and oxygen atoms in total. The first-order chi connectivity index (χ1) is 24.4. The number of nitrogens with zero attached hydrogens (tertiary/aromatic N) is 6. The maximum atomic E-state index is 11.5. The normalized spacial score (nSPS) is 16.2. The Hall–Kier alpha value is -4.68. The zero-order valence-corrected chi connectivity index (χ0v) is 29.2. The van der Waals surface area contributed by atoms with E-state index in [4.69, 9.17) is 47.6 Å². The summed E-state index contributed by atoms with van der Waals surface area (Å²) in [5.41, 5.74) is 6.55. The Labute approximate surface area is 300 Å². The Kier molecular flexibility index (Phi) is 10.2. The second-order valence-corrected chi connectivity index (χ2v) is 13.1. The van der Waals surface area contributed by atoms with Gasteiger partial charge >= 0.3 is 0 Å². The van der Waals surface area contributed by atoms with E-state index in [9.17, 15) is 4.79 Å². The Morgan fingerprint density at radius 2 is 1.44 bits per heavy atom. The summed E-state index contributed by atoms with van der Waals surface area (Å²) in [6.45, 7) is 3.51. The second kappa shape index (κ2) is 15.1. The predicted octanol–water partition coefficient (Wildman–Crippen LogP) is 5.95. The zero-order chi connectivity index (χ0) is 34.6. The highest BCUT2D eigenvalue weighted by atomic mass is 35.5. The molecule has 0 spiro atoms. The molecule has 5 aromatic rings. The summed E-state index contributed by atoms with van der Waals surface area (Å²) < 4.78 is 11.3. The maximum Gasteiger partial charge on any atom is 0.237 e. The molecule has 1 atom stereocenters. The van der Waals surface area contributed by atoms with E-state index in [-0.39, 0.29) is 11.9 Å². The quantitative estimate of drug-likeness (QED) is 0.160. The van der Waals surface area contributed by atoms with Crippen molar-refractivity contribution in [3.05, 3.63) is 100 Å². The number of hydrogen-bond donors (Lipinski definition) is 2. The van der Waals surface area contributed by atoms with E-state index in [1.165, 1.54) is 0 Å². The molecule has 1 amide bonds. The second-order valence-electron chi connectivity index (χ2n) is 12.3. The van der Waals surface area contributed by atoms with Crippen LogP contribution >= 0.6 is 23.2 Å². The third-order valence-electron chi connectivity index (χ3n) is 9.05. The fourth-order valence-electron chi connectivity index (χ4n) is 6.40. The van der Waals surface area contributed by atoms with Gasteiger partial charge in [0.05, 0.1) is 48.0 Å². The van der Waals surface area contributed by atoms with Crippen LogP contribution in [0.3, 0.4) is 0 Å². The molecule has 2 fully saturated rings. The minimum atomic E-state index is 0.0855. The molecule has 0 bridgehead atoms.